The molecule has 1 aromatic carbocycles. The molecule has 0 fully saturated rings. The van der Waals surface area contributed by atoms with Crippen molar-refractivity contribution in [3.63, 3.8) is 0 Å². The number of hydrogen-bond acceptors (Lipinski definition) is 3. The number of carbonyl (C=O) groups is 1. The maximum Gasteiger partial charge on any atom is 0.254 e. The van der Waals surface area contributed by atoms with E-state index in [4.69, 9.17) is 5.73 Å². The van der Waals surface area contributed by atoms with Gasteiger partial charge >= 0.3 is 0 Å². The van der Waals surface area contributed by atoms with E-state index in [1.807, 2.05) is 0 Å². The molecule has 0 spiro atoms. The maximum atomic E-state index is 13.5. The molecular formula is C12H13FN4O. The highest BCUT2D eigenvalue weighted by Crippen LogP contribution is 2.14. The van der Waals surface area contributed by atoms with Crippen molar-refractivity contribution in [2.45, 2.75) is 13.0 Å². The minimum absolute atomic E-state index is 0.0282. The van der Waals surface area contributed by atoms with Crippen LogP contribution >= 0.6 is 0 Å². The molecule has 94 valence electrons. The Kier molecular flexibility index (Phi) is 3.27. The minimum atomic E-state index is -0.633. The minimum Gasteiger partial charge on any atom is -0.399 e. The summed E-state index contributed by atoms with van der Waals surface area (Å²) in [6.07, 6.45) is 3.27. The van der Waals surface area contributed by atoms with Crippen LogP contribution in [-0.4, -0.2) is 16.1 Å². The lowest BCUT2D eigenvalue weighted by Gasteiger charge is -2.12. The highest BCUT2D eigenvalue weighted by molar-refractivity contribution is 5.95. The van der Waals surface area contributed by atoms with E-state index in [0.717, 1.165) is 11.6 Å². The molecule has 0 aliphatic carbocycles. The van der Waals surface area contributed by atoms with Gasteiger partial charge < -0.3 is 11.1 Å². The SMILES string of the molecule is CC(NC(=O)c1ccc(N)cc1F)c1cn[nH]c1. The van der Waals surface area contributed by atoms with Crippen LogP contribution in [0.4, 0.5) is 10.1 Å². The maximum absolute atomic E-state index is 13.5. The van der Waals surface area contributed by atoms with E-state index < -0.39 is 11.7 Å². The molecule has 1 unspecified atom stereocenters. The largest absolute Gasteiger partial charge is 0.399 e. The number of nitrogens with zero attached hydrogens (tertiary/aromatic N) is 1. The average molecular weight is 248 g/mol. The number of anilines is 1. The van der Waals surface area contributed by atoms with E-state index in [1.165, 1.54) is 12.1 Å². The molecule has 5 nitrogen and oxygen atoms in total. The number of amides is 1. The number of aromatic amines is 1. The summed E-state index contributed by atoms with van der Waals surface area (Å²) in [7, 11) is 0. The Labute approximate surface area is 103 Å². The summed E-state index contributed by atoms with van der Waals surface area (Å²) in [5, 5.41) is 9.12. The van der Waals surface area contributed by atoms with Gasteiger partial charge in [-0.15, -0.1) is 0 Å². The summed E-state index contributed by atoms with van der Waals surface area (Å²) in [6.45, 7) is 1.79. The van der Waals surface area contributed by atoms with E-state index in [9.17, 15) is 9.18 Å². The third-order valence-electron chi connectivity index (χ3n) is 2.60. The van der Waals surface area contributed by atoms with Crippen LogP contribution in [0, 0.1) is 5.82 Å². The number of nitrogens with two attached hydrogens (primary N) is 1. The third kappa shape index (κ3) is 2.48. The Morgan fingerprint density at radius 2 is 2.33 bits per heavy atom. The molecule has 18 heavy (non-hydrogen) atoms. The number of carbonyl (C=O) groups excluding carboxylic acids is 1. The average Bonchev–Trinajstić information content (AvgIpc) is 2.81. The molecule has 6 heteroatoms. The molecule has 2 rings (SSSR count). The summed E-state index contributed by atoms with van der Waals surface area (Å²) in [4.78, 5) is 11.9. The van der Waals surface area contributed by atoms with Gasteiger partial charge in [-0.05, 0) is 25.1 Å². The Hall–Kier alpha value is -2.37. The van der Waals surface area contributed by atoms with E-state index in [2.05, 4.69) is 15.5 Å². The first kappa shape index (κ1) is 12.1. The second-order valence-electron chi connectivity index (χ2n) is 3.97. The van der Waals surface area contributed by atoms with Gasteiger partial charge in [-0.1, -0.05) is 0 Å². The van der Waals surface area contributed by atoms with Crippen LogP contribution in [0.25, 0.3) is 0 Å². The van der Waals surface area contributed by atoms with E-state index in [0.29, 0.717) is 0 Å². The molecule has 2 aromatic rings. The summed E-state index contributed by atoms with van der Waals surface area (Å²) in [5.41, 5.74) is 6.50. The molecule has 0 radical (unpaired) electrons. The van der Waals surface area contributed by atoms with Crippen LogP contribution in [0.1, 0.15) is 28.9 Å². The lowest BCUT2D eigenvalue weighted by atomic mass is 10.1. The summed E-state index contributed by atoms with van der Waals surface area (Å²) in [5.74, 6) is -1.12. The van der Waals surface area contributed by atoms with Gasteiger partial charge in [0, 0.05) is 17.4 Å². The van der Waals surface area contributed by atoms with Gasteiger partial charge in [0.15, 0.2) is 0 Å². The number of H-pyrrole nitrogens is 1. The topological polar surface area (TPSA) is 83.8 Å². The van der Waals surface area contributed by atoms with E-state index in [-0.39, 0.29) is 17.3 Å². The zero-order valence-corrected chi connectivity index (χ0v) is 9.77. The highest BCUT2D eigenvalue weighted by Gasteiger charge is 2.15. The molecule has 1 aromatic heterocycles. The number of hydrogen-bond donors (Lipinski definition) is 3. The molecule has 0 saturated carbocycles. The van der Waals surface area contributed by atoms with Crippen molar-refractivity contribution in [3.05, 3.63) is 47.5 Å². The van der Waals surface area contributed by atoms with Crippen molar-refractivity contribution < 1.29 is 9.18 Å². The second kappa shape index (κ2) is 4.87. The van der Waals surface area contributed by atoms with Gasteiger partial charge in [0.2, 0.25) is 0 Å². The van der Waals surface area contributed by atoms with Crippen molar-refractivity contribution in [1.82, 2.24) is 15.5 Å². The van der Waals surface area contributed by atoms with Crippen molar-refractivity contribution in [2.24, 2.45) is 0 Å². The van der Waals surface area contributed by atoms with Crippen LogP contribution in [0.15, 0.2) is 30.6 Å². The fourth-order valence-corrected chi connectivity index (χ4v) is 1.57. The zero-order valence-electron chi connectivity index (χ0n) is 9.77. The van der Waals surface area contributed by atoms with Gasteiger partial charge in [-0.2, -0.15) is 5.10 Å². The first-order valence-electron chi connectivity index (χ1n) is 5.42. The molecule has 0 aliphatic rings. The number of nitrogen functional groups attached to an aromatic ring is 1. The summed E-state index contributed by atoms with van der Waals surface area (Å²) < 4.78 is 13.5. The quantitative estimate of drug-likeness (QED) is 0.722. The fraction of sp³-hybridized carbons (Fsp3) is 0.167. The molecule has 1 atom stereocenters. The van der Waals surface area contributed by atoms with E-state index >= 15 is 0 Å². The smallest absolute Gasteiger partial charge is 0.254 e. The van der Waals surface area contributed by atoms with Gasteiger partial charge in [0.1, 0.15) is 5.82 Å². The zero-order chi connectivity index (χ0) is 13.1. The Morgan fingerprint density at radius 3 is 2.94 bits per heavy atom. The van der Waals surface area contributed by atoms with Crippen LogP contribution in [0.3, 0.4) is 0 Å². The summed E-state index contributed by atoms with van der Waals surface area (Å²) >= 11 is 0. The first-order chi connectivity index (χ1) is 8.58. The molecule has 4 N–H and O–H groups in total. The van der Waals surface area contributed by atoms with E-state index in [1.54, 1.807) is 19.3 Å². The third-order valence-corrected chi connectivity index (χ3v) is 2.60. The molecule has 1 heterocycles. The number of aromatic nitrogens is 2. The van der Waals surface area contributed by atoms with Gasteiger partial charge in [0.25, 0.3) is 5.91 Å². The number of halogens is 1. The summed E-state index contributed by atoms with van der Waals surface area (Å²) in [6, 6.07) is 3.72. The Morgan fingerprint density at radius 1 is 1.56 bits per heavy atom. The lowest BCUT2D eigenvalue weighted by Crippen LogP contribution is -2.27. The molecule has 0 saturated heterocycles. The van der Waals surface area contributed by atoms with Gasteiger partial charge in [-0.25, -0.2) is 4.39 Å². The molecule has 1 amide bonds. The van der Waals surface area contributed by atoms with Crippen LogP contribution in [0.5, 0.6) is 0 Å². The van der Waals surface area contributed by atoms with Gasteiger partial charge in [0.05, 0.1) is 17.8 Å². The monoisotopic (exact) mass is 248 g/mol. The number of nitrogens with one attached hydrogen (secondary N) is 2. The highest BCUT2D eigenvalue weighted by atomic mass is 19.1. The Bertz CT molecular complexity index is 553. The van der Waals surface area contributed by atoms with Crippen molar-refractivity contribution in [2.75, 3.05) is 5.73 Å². The Balaban J connectivity index is 2.12. The molecule has 0 bridgehead atoms. The molecule has 0 aliphatic heterocycles. The number of benzene rings is 1. The van der Waals surface area contributed by atoms with Crippen molar-refractivity contribution >= 4 is 11.6 Å². The van der Waals surface area contributed by atoms with Gasteiger partial charge in [-0.3, -0.25) is 9.89 Å². The first-order valence-corrected chi connectivity index (χ1v) is 5.42. The van der Waals surface area contributed by atoms with Crippen LogP contribution < -0.4 is 11.1 Å². The van der Waals surface area contributed by atoms with Crippen molar-refractivity contribution in [3.8, 4) is 0 Å². The second-order valence-corrected chi connectivity index (χ2v) is 3.97. The normalized spacial score (nSPS) is 12.1. The molecular weight excluding hydrogens is 235 g/mol. The standard InChI is InChI=1S/C12H13FN4O/c1-7(8-5-15-16-6-8)17-12(18)10-3-2-9(14)4-11(10)13/h2-7H,14H2,1H3,(H,15,16)(H,17,18). The lowest BCUT2D eigenvalue weighted by molar-refractivity contribution is 0.0936. The van der Waals surface area contributed by atoms with Crippen LogP contribution in [-0.2, 0) is 0 Å². The predicted molar refractivity (Wildman–Crippen MR) is 65.3 cm³/mol. The number of rotatable bonds is 3. The van der Waals surface area contributed by atoms with Crippen molar-refractivity contribution in [1.29, 1.82) is 0 Å². The fourth-order valence-electron chi connectivity index (χ4n) is 1.57. The predicted octanol–water partition coefficient (Wildman–Crippen LogP) is 1.62. The van der Waals surface area contributed by atoms with Crippen LogP contribution in [0.2, 0.25) is 0 Å².